The van der Waals surface area contributed by atoms with Crippen LogP contribution in [0.3, 0.4) is 0 Å². The van der Waals surface area contributed by atoms with Crippen LogP contribution in [0.15, 0.2) is 48.7 Å². The number of rotatable bonds is 7. The number of aromatic nitrogens is 1. The summed E-state index contributed by atoms with van der Waals surface area (Å²) in [5, 5.41) is 6.91. The largest absolute Gasteiger partial charge is 0.493 e. The molecule has 0 atom stereocenters. The van der Waals surface area contributed by atoms with Gasteiger partial charge in [-0.15, -0.1) is 0 Å². The molecule has 1 aromatic heterocycles. The Morgan fingerprint density at radius 2 is 1.77 bits per heavy atom. The highest BCUT2D eigenvalue weighted by Crippen LogP contribution is 2.27. The average molecular weight is 353 g/mol. The van der Waals surface area contributed by atoms with E-state index in [1.807, 2.05) is 30.5 Å². The fourth-order valence-corrected chi connectivity index (χ4v) is 2.81. The molecule has 3 rings (SSSR count). The minimum absolute atomic E-state index is 0.192. The Hall–Kier alpha value is -3.15. The third kappa shape index (κ3) is 4.27. The zero-order chi connectivity index (χ0) is 18.4. The molecule has 0 saturated carbocycles. The lowest BCUT2D eigenvalue weighted by atomic mass is 10.1. The number of nitrogens with one attached hydrogen (secondary N) is 3. The standard InChI is InChI=1S/C20H23N3O3/c1-25-18-6-4-15(12-19(18)26-2)13-23-20(24)22-9-7-14-3-5-17-16(11-14)8-10-21-17/h3-6,8,10-12,21H,7,9,13H2,1-2H3,(H2,22,23,24). The molecule has 0 spiro atoms. The number of H-pyrrole nitrogens is 1. The first-order chi connectivity index (χ1) is 12.7. The smallest absolute Gasteiger partial charge is 0.315 e. The summed E-state index contributed by atoms with van der Waals surface area (Å²) in [5.41, 5.74) is 3.25. The molecule has 3 aromatic rings. The quantitative estimate of drug-likeness (QED) is 0.610. The number of urea groups is 1. The van der Waals surface area contributed by atoms with Crippen molar-refractivity contribution in [1.29, 1.82) is 0 Å². The third-order valence-corrected chi connectivity index (χ3v) is 4.22. The molecular weight excluding hydrogens is 330 g/mol. The second-order valence-corrected chi connectivity index (χ2v) is 5.95. The number of carbonyl (C=O) groups excluding carboxylic acids is 1. The molecule has 0 aliphatic carbocycles. The van der Waals surface area contributed by atoms with Crippen LogP contribution in [0.5, 0.6) is 11.5 Å². The maximum absolute atomic E-state index is 12.0. The first-order valence-electron chi connectivity index (χ1n) is 8.48. The monoisotopic (exact) mass is 353 g/mol. The van der Waals surface area contributed by atoms with Crippen LogP contribution >= 0.6 is 0 Å². The summed E-state index contributed by atoms with van der Waals surface area (Å²) in [5.74, 6) is 1.31. The van der Waals surface area contributed by atoms with Crippen molar-refractivity contribution in [2.75, 3.05) is 20.8 Å². The lowest BCUT2D eigenvalue weighted by Gasteiger charge is -2.11. The van der Waals surface area contributed by atoms with E-state index in [2.05, 4.69) is 33.8 Å². The van der Waals surface area contributed by atoms with Gasteiger partial charge in [0.1, 0.15) is 0 Å². The van der Waals surface area contributed by atoms with Gasteiger partial charge in [-0.3, -0.25) is 0 Å². The van der Waals surface area contributed by atoms with Crippen LogP contribution < -0.4 is 20.1 Å². The molecule has 0 fully saturated rings. The number of carbonyl (C=O) groups is 1. The predicted octanol–water partition coefficient (Wildman–Crippen LogP) is 3.23. The third-order valence-electron chi connectivity index (χ3n) is 4.22. The predicted molar refractivity (Wildman–Crippen MR) is 102 cm³/mol. The second kappa shape index (κ2) is 8.29. The maximum Gasteiger partial charge on any atom is 0.315 e. The minimum atomic E-state index is -0.192. The van der Waals surface area contributed by atoms with Gasteiger partial charge in [-0.25, -0.2) is 4.79 Å². The van der Waals surface area contributed by atoms with Crippen LogP contribution in [0, 0.1) is 0 Å². The van der Waals surface area contributed by atoms with Gasteiger partial charge in [-0.1, -0.05) is 12.1 Å². The maximum atomic E-state index is 12.0. The Balaban J connectivity index is 1.45. The van der Waals surface area contributed by atoms with Crippen LogP contribution in [0.1, 0.15) is 11.1 Å². The van der Waals surface area contributed by atoms with Crippen LogP contribution in [0.25, 0.3) is 10.9 Å². The first kappa shape index (κ1) is 17.7. The van der Waals surface area contributed by atoms with Crippen molar-refractivity contribution in [3.63, 3.8) is 0 Å². The van der Waals surface area contributed by atoms with Crippen molar-refractivity contribution in [2.24, 2.45) is 0 Å². The van der Waals surface area contributed by atoms with E-state index < -0.39 is 0 Å². The van der Waals surface area contributed by atoms with E-state index in [0.717, 1.165) is 17.5 Å². The number of benzene rings is 2. The lowest BCUT2D eigenvalue weighted by Crippen LogP contribution is -2.36. The van der Waals surface area contributed by atoms with Crippen LogP contribution in [0.4, 0.5) is 4.79 Å². The number of hydrogen-bond donors (Lipinski definition) is 3. The highest BCUT2D eigenvalue weighted by Gasteiger charge is 2.06. The molecular formula is C20H23N3O3. The van der Waals surface area contributed by atoms with Gasteiger partial charge in [-0.05, 0) is 53.3 Å². The number of hydrogen-bond acceptors (Lipinski definition) is 3. The number of ether oxygens (including phenoxy) is 2. The number of aromatic amines is 1. The molecule has 1 heterocycles. The highest BCUT2D eigenvalue weighted by molar-refractivity contribution is 5.80. The van der Waals surface area contributed by atoms with E-state index in [9.17, 15) is 4.79 Å². The second-order valence-electron chi connectivity index (χ2n) is 5.95. The molecule has 6 nitrogen and oxygen atoms in total. The summed E-state index contributed by atoms with van der Waals surface area (Å²) < 4.78 is 10.5. The zero-order valence-electron chi connectivity index (χ0n) is 15.0. The Labute approximate surface area is 152 Å². The van der Waals surface area contributed by atoms with Crippen molar-refractivity contribution >= 4 is 16.9 Å². The van der Waals surface area contributed by atoms with Crippen molar-refractivity contribution < 1.29 is 14.3 Å². The van der Waals surface area contributed by atoms with Crippen molar-refractivity contribution in [3.8, 4) is 11.5 Å². The van der Waals surface area contributed by atoms with Gasteiger partial charge in [0.15, 0.2) is 11.5 Å². The fraction of sp³-hybridized carbons (Fsp3) is 0.250. The zero-order valence-corrected chi connectivity index (χ0v) is 15.0. The Bertz CT molecular complexity index is 889. The van der Waals surface area contributed by atoms with Gasteiger partial charge in [0, 0.05) is 24.8 Å². The summed E-state index contributed by atoms with van der Waals surface area (Å²) in [4.78, 5) is 15.1. The van der Waals surface area contributed by atoms with E-state index in [1.54, 1.807) is 14.2 Å². The lowest BCUT2D eigenvalue weighted by molar-refractivity contribution is 0.240. The van der Waals surface area contributed by atoms with Gasteiger partial charge < -0.3 is 25.1 Å². The molecule has 3 N–H and O–H groups in total. The molecule has 136 valence electrons. The van der Waals surface area contributed by atoms with E-state index >= 15 is 0 Å². The molecule has 0 saturated heterocycles. The molecule has 0 aliphatic heterocycles. The molecule has 0 aliphatic rings. The fourth-order valence-electron chi connectivity index (χ4n) is 2.81. The minimum Gasteiger partial charge on any atom is -0.493 e. The van der Waals surface area contributed by atoms with Crippen LogP contribution in [-0.2, 0) is 13.0 Å². The summed E-state index contributed by atoms with van der Waals surface area (Å²) in [6, 6.07) is 13.7. The normalized spacial score (nSPS) is 10.5. The Morgan fingerprint density at radius 1 is 0.962 bits per heavy atom. The summed E-state index contributed by atoms with van der Waals surface area (Å²) in [7, 11) is 3.18. The van der Waals surface area contributed by atoms with E-state index in [0.29, 0.717) is 24.6 Å². The SMILES string of the molecule is COc1ccc(CNC(=O)NCCc2ccc3[nH]ccc3c2)cc1OC. The van der Waals surface area contributed by atoms with E-state index in [-0.39, 0.29) is 6.03 Å². The summed E-state index contributed by atoms with van der Waals surface area (Å²) in [6.45, 7) is 0.995. The van der Waals surface area contributed by atoms with E-state index in [4.69, 9.17) is 9.47 Å². The van der Waals surface area contributed by atoms with Gasteiger partial charge in [0.25, 0.3) is 0 Å². The van der Waals surface area contributed by atoms with Crippen molar-refractivity contribution in [1.82, 2.24) is 15.6 Å². The molecule has 2 aromatic carbocycles. The molecule has 6 heteroatoms. The number of methoxy groups -OCH3 is 2. The van der Waals surface area contributed by atoms with E-state index in [1.165, 1.54) is 10.9 Å². The average Bonchev–Trinajstić information content (AvgIpc) is 3.14. The molecule has 0 unspecified atom stereocenters. The van der Waals surface area contributed by atoms with Gasteiger partial charge >= 0.3 is 6.03 Å². The Kier molecular flexibility index (Phi) is 5.63. The Morgan fingerprint density at radius 3 is 2.58 bits per heavy atom. The van der Waals surface area contributed by atoms with Gasteiger partial charge in [0.05, 0.1) is 14.2 Å². The molecule has 0 radical (unpaired) electrons. The van der Waals surface area contributed by atoms with Crippen LogP contribution in [0.2, 0.25) is 0 Å². The first-order valence-corrected chi connectivity index (χ1v) is 8.48. The summed E-state index contributed by atoms with van der Waals surface area (Å²) in [6.07, 6.45) is 2.71. The number of fused-ring (bicyclic) bond motifs is 1. The molecule has 2 amide bonds. The summed E-state index contributed by atoms with van der Waals surface area (Å²) >= 11 is 0. The van der Waals surface area contributed by atoms with Gasteiger partial charge in [-0.2, -0.15) is 0 Å². The molecule has 0 bridgehead atoms. The van der Waals surface area contributed by atoms with Crippen molar-refractivity contribution in [2.45, 2.75) is 13.0 Å². The van der Waals surface area contributed by atoms with Crippen LogP contribution in [-0.4, -0.2) is 31.8 Å². The van der Waals surface area contributed by atoms with Gasteiger partial charge in [0.2, 0.25) is 0 Å². The molecule has 26 heavy (non-hydrogen) atoms. The number of amides is 2. The topological polar surface area (TPSA) is 75.4 Å². The highest BCUT2D eigenvalue weighted by atomic mass is 16.5. The van der Waals surface area contributed by atoms with Crippen molar-refractivity contribution in [3.05, 3.63) is 59.8 Å².